The molecule has 2 aromatic heterocycles. The van der Waals surface area contributed by atoms with Crippen LogP contribution in [0.2, 0.25) is 0 Å². The highest BCUT2D eigenvalue weighted by atomic mass is 19.1. The van der Waals surface area contributed by atoms with E-state index in [2.05, 4.69) is 31.8 Å². The number of amidine groups is 1. The number of rotatable bonds is 5. The number of nitrogen functional groups attached to an aromatic ring is 1. The molecule has 2 aliphatic rings. The molecule has 0 aromatic carbocycles. The number of nitrogens with zero attached hydrogens (tertiary/aromatic N) is 5. The predicted molar refractivity (Wildman–Crippen MR) is 123 cm³/mol. The minimum atomic E-state index is -1.48. The molecule has 2 atom stereocenters. The zero-order valence-corrected chi connectivity index (χ0v) is 18.5. The van der Waals surface area contributed by atoms with E-state index in [-0.39, 0.29) is 29.1 Å². The van der Waals surface area contributed by atoms with Crippen molar-refractivity contribution < 1.29 is 9.50 Å². The van der Waals surface area contributed by atoms with Crippen molar-refractivity contribution in [2.45, 2.75) is 51.1 Å². The van der Waals surface area contributed by atoms with Crippen molar-refractivity contribution in [2.75, 3.05) is 25.4 Å². The van der Waals surface area contributed by atoms with E-state index in [0.717, 1.165) is 50.2 Å². The summed E-state index contributed by atoms with van der Waals surface area (Å²) < 4.78 is 14.6. The first-order valence-corrected chi connectivity index (χ1v) is 11.1. The third kappa shape index (κ3) is 4.29. The maximum Gasteiger partial charge on any atom is 0.220 e. The van der Waals surface area contributed by atoms with E-state index in [1.54, 1.807) is 12.1 Å². The van der Waals surface area contributed by atoms with Crippen LogP contribution in [0.5, 0.6) is 5.75 Å². The van der Waals surface area contributed by atoms with E-state index < -0.39 is 12.1 Å². The van der Waals surface area contributed by atoms with Gasteiger partial charge in [-0.1, -0.05) is 13.0 Å². The normalized spacial score (nSPS) is 22.2. The van der Waals surface area contributed by atoms with Crippen molar-refractivity contribution in [1.82, 2.24) is 19.9 Å². The number of likely N-dealkylation sites (tertiary alicyclic amines) is 1. The summed E-state index contributed by atoms with van der Waals surface area (Å²) in [6, 6.07) is 3.09. The summed E-state index contributed by atoms with van der Waals surface area (Å²) in [5.41, 5.74) is 14.6. The van der Waals surface area contributed by atoms with Gasteiger partial charge in [-0.05, 0) is 63.5 Å². The van der Waals surface area contributed by atoms with Crippen LogP contribution in [0.3, 0.4) is 0 Å². The number of pyridine rings is 1. The van der Waals surface area contributed by atoms with Crippen LogP contribution in [0, 0.1) is 6.92 Å². The quantitative estimate of drug-likeness (QED) is 0.653. The first kappa shape index (κ1) is 22.1. The van der Waals surface area contributed by atoms with E-state index in [0.29, 0.717) is 11.4 Å². The van der Waals surface area contributed by atoms with Gasteiger partial charge < -0.3 is 21.5 Å². The second-order valence-corrected chi connectivity index (χ2v) is 8.48. The van der Waals surface area contributed by atoms with E-state index in [9.17, 15) is 9.50 Å². The summed E-state index contributed by atoms with van der Waals surface area (Å²) in [6.45, 7) is 7.26. The number of aromatic hydroxyl groups is 1. The van der Waals surface area contributed by atoms with Crippen LogP contribution in [0.4, 0.5) is 10.3 Å². The summed E-state index contributed by atoms with van der Waals surface area (Å²) in [5, 5.41) is 10.6. The van der Waals surface area contributed by atoms with E-state index in [4.69, 9.17) is 11.5 Å². The third-order valence-electron chi connectivity index (χ3n) is 6.29. The van der Waals surface area contributed by atoms with Gasteiger partial charge in [0.05, 0.1) is 17.3 Å². The molecule has 5 N–H and O–H groups in total. The van der Waals surface area contributed by atoms with E-state index in [1.165, 1.54) is 12.3 Å². The molecule has 1 fully saturated rings. The number of anilines is 1. The molecule has 170 valence electrons. The summed E-state index contributed by atoms with van der Waals surface area (Å²) in [5.74, 6) is -0.414. The van der Waals surface area contributed by atoms with Gasteiger partial charge in [-0.2, -0.15) is 0 Å². The summed E-state index contributed by atoms with van der Waals surface area (Å²) in [6.07, 6.45) is 4.73. The SMILES string of the molecule is CCCN1CCC(c2nc(N)nc(-c3nc(C4C=CN=C(N)C4F)ccc3O)c2C)CC1. The molecule has 2 aliphatic heterocycles. The van der Waals surface area contributed by atoms with Crippen molar-refractivity contribution in [3.8, 4) is 17.1 Å². The Bertz CT molecular complexity index is 1050. The Kier molecular flexibility index (Phi) is 6.36. The minimum absolute atomic E-state index is 0.0458. The fourth-order valence-electron chi connectivity index (χ4n) is 4.58. The topological polar surface area (TPSA) is 127 Å². The average molecular weight is 440 g/mol. The number of aromatic nitrogens is 3. The van der Waals surface area contributed by atoms with E-state index >= 15 is 0 Å². The molecule has 0 aliphatic carbocycles. The second kappa shape index (κ2) is 9.20. The Morgan fingerprint density at radius 3 is 2.59 bits per heavy atom. The highest BCUT2D eigenvalue weighted by Crippen LogP contribution is 2.37. The summed E-state index contributed by atoms with van der Waals surface area (Å²) in [4.78, 5) is 19.8. The van der Waals surface area contributed by atoms with Crippen LogP contribution in [0.25, 0.3) is 11.4 Å². The fourth-order valence-corrected chi connectivity index (χ4v) is 4.58. The maximum absolute atomic E-state index is 14.6. The first-order chi connectivity index (χ1) is 15.4. The molecule has 2 aromatic rings. The zero-order chi connectivity index (χ0) is 22.8. The molecular weight excluding hydrogens is 409 g/mol. The number of hydrogen-bond donors (Lipinski definition) is 3. The van der Waals surface area contributed by atoms with Gasteiger partial charge in [-0.3, -0.25) is 0 Å². The Labute approximate surface area is 187 Å². The van der Waals surface area contributed by atoms with Gasteiger partial charge in [0, 0.05) is 12.1 Å². The minimum Gasteiger partial charge on any atom is -0.506 e. The second-order valence-electron chi connectivity index (χ2n) is 8.48. The first-order valence-electron chi connectivity index (χ1n) is 11.1. The number of hydrogen-bond acceptors (Lipinski definition) is 8. The number of nitrogens with two attached hydrogens (primary N) is 2. The lowest BCUT2D eigenvalue weighted by atomic mass is 9.89. The molecular formula is C23H30FN7O. The van der Waals surface area contributed by atoms with Crippen LogP contribution >= 0.6 is 0 Å². The largest absolute Gasteiger partial charge is 0.506 e. The van der Waals surface area contributed by atoms with Crippen molar-refractivity contribution in [3.63, 3.8) is 0 Å². The lowest BCUT2D eigenvalue weighted by Crippen LogP contribution is -2.34. The molecule has 4 rings (SSSR count). The number of piperidine rings is 1. The molecule has 0 amide bonds. The highest BCUT2D eigenvalue weighted by molar-refractivity contribution is 5.87. The third-order valence-corrected chi connectivity index (χ3v) is 6.29. The molecule has 9 heteroatoms. The molecule has 0 spiro atoms. The number of allylic oxidation sites excluding steroid dienone is 1. The number of halogens is 1. The predicted octanol–water partition coefficient (Wildman–Crippen LogP) is 3.03. The maximum atomic E-state index is 14.6. The monoisotopic (exact) mass is 439 g/mol. The van der Waals surface area contributed by atoms with Crippen molar-refractivity contribution >= 4 is 11.8 Å². The number of aliphatic imine (C=N–C) groups is 1. The Hall–Kier alpha value is -3.07. The van der Waals surface area contributed by atoms with Gasteiger partial charge in [-0.25, -0.2) is 24.3 Å². The van der Waals surface area contributed by atoms with Crippen LogP contribution < -0.4 is 11.5 Å². The average Bonchev–Trinajstić information content (AvgIpc) is 2.78. The smallest absolute Gasteiger partial charge is 0.220 e. The lowest BCUT2D eigenvalue weighted by Gasteiger charge is -2.32. The Morgan fingerprint density at radius 1 is 1.12 bits per heavy atom. The van der Waals surface area contributed by atoms with Gasteiger partial charge >= 0.3 is 0 Å². The molecule has 0 saturated carbocycles. The molecule has 2 unspecified atom stereocenters. The molecule has 1 saturated heterocycles. The van der Waals surface area contributed by atoms with Gasteiger partial charge in [0.2, 0.25) is 5.95 Å². The van der Waals surface area contributed by atoms with Gasteiger partial charge in [-0.15, -0.1) is 0 Å². The Balaban J connectivity index is 1.69. The van der Waals surface area contributed by atoms with Gasteiger partial charge in [0.25, 0.3) is 0 Å². The van der Waals surface area contributed by atoms with Crippen LogP contribution in [0.1, 0.15) is 55.0 Å². The summed E-state index contributed by atoms with van der Waals surface area (Å²) >= 11 is 0. The van der Waals surface area contributed by atoms with Gasteiger partial charge in [0.1, 0.15) is 23.0 Å². The molecule has 8 nitrogen and oxygen atoms in total. The standard InChI is InChI=1S/C23H30FN7O/c1-3-10-31-11-7-14(8-12-31)19-13(2)20(30-23(26)29-19)21-17(32)5-4-16(28-21)15-6-9-27-22(25)18(15)24/h4-6,9,14-15,18,32H,3,7-8,10-12H2,1-2H3,(H2,25,27)(H2,26,29,30). The molecule has 0 bridgehead atoms. The van der Waals surface area contributed by atoms with Crippen LogP contribution in [-0.4, -0.2) is 56.6 Å². The molecule has 32 heavy (non-hydrogen) atoms. The van der Waals surface area contributed by atoms with Crippen LogP contribution in [-0.2, 0) is 0 Å². The highest BCUT2D eigenvalue weighted by Gasteiger charge is 2.29. The number of alkyl halides is 1. The zero-order valence-electron chi connectivity index (χ0n) is 18.5. The van der Waals surface area contributed by atoms with Gasteiger partial charge in [0.15, 0.2) is 6.17 Å². The lowest BCUT2D eigenvalue weighted by molar-refractivity contribution is 0.211. The fraction of sp³-hybridized carbons (Fsp3) is 0.478. The van der Waals surface area contributed by atoms with Crippen molar-refractivity contribution in [1.29, 1.82) is 0 Å². The molecule has 4 heterocycles. The summed E-state index contributed by atoms with van der Waals surface area (Å²) in [7, 11) is 0. The Morgan fingerprint density at radius 2 is 1.88 bits per heavy atom. The van der Waals surface area contributed by atoms with Crippen molar-refractivity contribution in [3.05, 3.63) is 41.4 Å². The van der Waals surface area contributed by atoms with E-state index in [1.807, 2.05) is 6.92 Å². The molecule has 0 radical (unpaired) electrons. The van der Waals surface area contributed by atoms with Crippen LogP contribution in [0.15, 0.2) is 29.4 Å². The van der Waals surface area contributed by atoms with Crippen molar-refractivity contribution in [2.24, 2.45) is 10.7 Å².